The molecule has 0 atom stereocenters. The van der Waals surface area contributed by atoms with Gasteiger partial charge in [0.2, 0.25) is 0 Å². The van der Waals surface area contributed by atoms with Crippen LogP contribution in [0, 0.1) is 0 Å². The molecule has 0 unspecified atom stereocenters. The van der Waals surface area contributed by atoms with Gasteiger partial charge in [-0.15, -0.1) is 0 Å². The van der Waals surface area contributed by atoms with Gasteiger partial charge in [-0.3, -0.25) is 0 Å². The lowest BCUT2D eigenvalue weighted by Crippen LogP contribution is -2.61. The summed E-state index contributed by atoms with van der Waals surface area (Å²) in [5.74, 6) is 0. The molecule has 2 aliphatic heterocycles. The van der Waals surface area contributed by atoms with Crippen molar-refractivity contribution in [3.8, 4) is 11.4 Å². The predicted octanol–water partition coefficient (Wildman–Crippen LogP) is 21.2. The van der Waals surface area contributed by atoms with Crippen molar-refractivity contribution in [2.24, 2.45) is 0 Å². The van der Waals surface area contributed by atoms with Crippen LogP contribution in [0.4, 0.5) is 34.1 Å². The van der Waals surface area contributed by atoms with Crippen LogP contribution in [-0.4, -0.2) is 15.8 Å². The molecule has 87 heavy (non-hydrogen) atoms. The summed E-state index contributed by atoms with van der Waals surface area (Å²) in [6.07, 6.45) is 13.1. The third-order valence-corrected chi connectivity index (χ3v) is 19.5. The molecule has 13 rings (SSSR count). The molecule has 0 aliphatic carbocycles. The van der Waals surface area contributed by atoms with Gasteiger partial charge in [0.15, 0.2) is 0 Å². The third kappa shape index (κ3) is 10.1. The predicted molar refractivity (Wildman–Crippen MR) is 380 cm³/mol. The molecule has 442 valence electrons. The smallest absolute Gasteiger partial charge is 0.252 e. The minimum absolute atomic E-state index is 0.0177. The molecule has 2 aromatic heterocycles. The molecular weight excluding hydrogens is 1050 g/mol. The highest BCUT2D eigenvalue weighted by Crippen LogP contribution is 2.52. The highest BCUT2D eigenvalue weighted by Gasteiger charge is 2.46. The summed E-state index contributed by atoms with van der Waals surface area (Å²) in [7, 11) is 0. The van der Waals surface area contributed by atoms with Gasteiger partial charge >= 0.3 is 0 Å². The lowest BCUT2D eigenvalue weighted by atomic mass is 9.33. The largest absolute Gasteiger partial charge is 0.311 e. The van der Waals surface area contributed by atoms with E-state index in [-0.39, 0.29) is 23.0 Å². The van der Waals surface area contributed by atoms with Crippen LogP contribution in [-0.2, 0) is 41.9 Å². The molecule has 11 aromatic rings. The molecule has 0 saturated carbocycles. The van der Waals surface area contributed by atoms with Crippen LogP contribution in [0.25, 0.3) is 55.0 Å². The summed E-state index contributed by atoms with van der Waals surface area (Å²) in [5.41, 5.74) is 29.2. The van der Waals surface area contributed by atoms with Crippen LogP contribution in [0.15, 0.2) is 170 Å². The second-order valence-electron chi connectivity index (χ2n) is 28.7. The highest BCUT2D eigenvalue weighted by molar-refractivity contribution is 7.00. The monoisotopic (exact) mass is 1140 g/mol. The zero-order valence-corrected chi connectivity index (χ0v) is 54.5. The quantitative estimate of drug-likeness (QED) is 0.0897. The molecule has 0 spiro atoms. The van der Waals surface area contributed by atoms with Crippen molar-refractivity contribution >= 4 is 101 Å². The Morgan fingerprint density at radius 2 is 0.609 bits per heavy atom. The fourth-order valence-corrected chi connectivity index (χ4v) is 14.8. The average Bonchev–Trinajstić information content (AvgIpc) is 1.17. The number of anilines is 6. The molecule has 4 heterocycles. The van der Waals surface area contributed by atoms with Gasteiger partial charge in [-0.1, -0.05) is 225 Å². The molecule has 0 fully saturated rings. The molecule has 9 aromatic carbocycles. The summed E-state index contributed by atoms with van der Waals surface area (Å²) in [5, 5.41) is 5.12. The van der Waals surface area contributed by atoms with E-state index < -0.39 is 0 Å². The highest BCUT2D eigenvalue weighted by atomic mass is 15.2. The molecule has 0 saturated heterocycles. The normalized spacial score (nSPS) is 13.4. The van der Waals surface area contributed by atoms with Crippen LogP contribution < -0.4 is 26.2 Å². The Morgan fingerprint density at radius 3 is 0.897 bits per heavy atom. The fourth-order valence-electron chi connectivity index (χ4n) is 14.8. The fraction of sp³-hybridized carbons (Fsp3) is 0.341. The molecule has 0 amide bonds. The van der Waals surface area contributed by atoms with E-state index >= 15 is 0 Å². The number of nitrogens with zero attached hydrogens (tertiary/aromatic N) is 4. The number of fused-ring (bicyclic) bond motifs is 10. The van der Waals surface area contributed by atoms with E-state index in [1.807, 2.05) is 0 Å². The van der Waals surface area contributed by atoms with Gasteiger partial charge in [-0.2, -0.15) is 0 Å². The Labute approximate surface area is 520 Å². The van der Waals surface area contributed by atoms with Gasteiger partial charge in [0.05, 0.1) is 33.4 Å². The maximum Gasteiger partial charge on any atom is 0.252 e. The molecular formula is C82H91BN4. The Balaban J connectivity index is 1.21. The van der Waals surface area contributed by atoms with E-state index in [4.69, 9.17) is 0 Å². The number of aryl methyl sites for hydroxylation is 4. The number of hydrogen-bond acceptors (Lipinski definition) is 2. The first kappa shape index (κ1) is 58.3. The Morgan fingerprint density at radius 1 is 0.322 bits per heavy atom. The van der Waals surface area contributed by atoms with E-state index in [2.05, 4.69) is 279 Å². The van der Waals surface area contributed by atoms with Crippen molar-refractivity contribution < 1.29 is 0 Å². The summed E-state index contributed by atoms with van der Waals surface area (Å²) in [6, 6.07) is 67.1. The number of unbranched alkanes of at least 4 members (excludes halogenated alkanes) is 4. The first-order chi connectivity index (χ1) is 41.9. The third-order valence-electron chi connectivity index (χ3n) is 19.5. The van der Waals surface area contributed by atoms with Gasteiger partial charge in [0, 0.05) is 55.7 Å². The Hall–Kier alpha value is -7.76. The molecule has 0 N–H and O–H groups in total. The van der Waals surface area contributed by atoms with E-state index in [9.17, 15) is 0 Å². The summed E-state index contributed by atoms with van der Waals surface area (Å²) in [4.78, 5) is 5.68. The van der Waals surface area contributed by atoms with Gasteiger partial charge < -0.3 is 18.9 Å². The number of hydrogen-bond donors (Lipinski definition) is 0. The van der Waals surface area contributed by atoms with E-state index in [0.717, 1.165) is 77.0 Å². The molecule has 2 aliphatic rings. The number of aromatic nitrogens is 2. The minimum Gasteiger partial charge on any atom is -0.311 e. The molecule has 0 bridgehead atoms. The van der Waals surface area contributed by atoms with Gasteiger partial charge in [0.25, 0.3) is 6.71 Å². The summed E-state index contributed by atoms with van der Waals surface area (Å²) in [6.45, 7) is 31.2. The standard InChI is InChI=1S/C82H91BN4/c1-14-18-30-54-46-58(80(5,6)7)47-55(31-19-15-2)78(54)86-73-52-61(84-69-38-26-22-34-63(69)64-35-23-27-39-70(64)84)42-44-67(73)83-68-45-43-62(85-71-40-28-24-36-65(71)66-37-25-29-41-72(66)85)53-74(68)87(76-51-60(82(11,12)13)50-75(86)77(76)83)79-56(32-20-16-3)48-59(81(8,9)10)49-57(79)33-21-17-4/h22-29,34-53H,14-21,30-33H2,1-13H3. The maximum atomic E-state index is 2.84. The van der Waals surface area contributed by atoms with Crippen LogP contribution in [0.2, 0.25) is 0 Å². The summed E-state index contributed by atoms with van der Waals surface area (Å²) < 4.78 is 5.08. The van der Waals surface area contributed by atoms with Gasteiger partial charge in [-0.05, 0) is 184 Å². The van der Waals surface area contributed by atoms with E-state index in [1.165, 1.54) is 144 Å². The van der Waals surface area contributed by atoms with Gasteiger partial charge in [-0.25, -0.2) is 0 Å². The van der Waals surface area contributed by atoms with Crippen molar-refractivity contribution in [3.63, 3.8) is 0 Å². The van der Waals surface area contributed by atoms with Crippen LogP contribution in [0.3, 0.4) is 0 Å². The average molecular weight is 1140 g/mol. The van der Waals surface area contributed by atoms with Crippen LogP contribution in [0.5, 0.6) is 0 Å². The summed E-state index contributed by atoms with van der Waals surface area (Å²) >= 11 is 0. The minimum atomic E-state index is -0.188. The van der Waals surface area contributed by atoms with Crippen molar-refractivity contribution in [2.75, 3.05) is 9.80 Å². The van der Waals surface area contributed by atoms with Crippen molar-refractivity contribution in [3.05, 3.63) is 209 Å². The first-order valence-electron chi connectivity index (χ1n) is 33.3. The van der Waals surface area contributed by atoms with E-state index in [1.54, 1.807) is 0 Å². The maximum absolute atomic E-state index is 2.84. The molecule has 0 radical (unpaired) electrons. The first-order valence-corrected chi connectivity index (χ1v) is 33.3. The number of benzene rings is 9. The van der Waals surface area contributed by atoms with Gasteiger partial charge in [0.1, 0.15) is 0 Å². The van der Waals surface area contributed by atoms with Crippen molar-refractivity contribution in [1.82, 2.24) is 9.13 Å². The molecule has 5 heteroatoms. The van der Waals surface area contributed by atoms with Crippen molar-refractivity contribution in [1.29, 1.82) is 0 Å². The Kier molecular flexibility index (Phi) is 15.2. The SMILES string of the molecule is CCCCc1cc(C(C)(C)C)cc(CCCC)c1N1c2cc(-n3c4ccccc4c4ccccc43)ccc2B2c3ccc(-n4c5ccccc5c5ccccc54)cc3N(c3c(CCCC)cc(C(C)(C)C)cc3CCCC)c3cc(C(C)(C)C)cc1c32. The lowest BCUT2D eigenvalue weighted by Gasteiger charge is -2.47. The molecule has 4 nitrogen and oxygen atoms in total. The second kappa shape index (κ2) is 22.8. The zero-order chi connectivity index (χ0) is 60.7. The van der Waals surface area contributed by atoms with Crippen molar-refractivity contribution in [2.45, 2.75) is 183 Å². The topological polar surface area (TPSA) is 16.3 Å². The van der Waals surface area contributed by atoms with Crippen LogP contribution >= 0.6 is 0 Å². The zero-order valence-electron chi connectivity index (χ0n) is 54.5. The lowest BCUT2D eigenvalue weighted by molar-refractivity contribution is 0.587. The Bertz CT molecular complexity index is 3990. The van der Waals surface area contributed by atoms with E-state index in [0.29, 0.717) is 0 Å². The number of rotatable bonds is 16. The second-order valence-corrected chi connectivity index (χ2v) is 28.7. The number of para-hydroxylation sites is 4. The van der Waals surface area contributed by atoms with Crippen LogP contribution in [0.1, 0.15) is 180 Å².